The highest BCUT2D eigenvalue weighted by molar-refractivity contribution is 9.10. The van der Waals surface area contributed by atoms with Crippen LogP contribution in [-0.2, 0) is 4.79 Å². The average Bonchev–Trinajstić information content (AvgIpc) is 3.31. The number of hydrogen-bond acceptors (Lipinski definition) is 7. The van der Waals surface area contributed by atoms with Gasteiger partial charge in [0.15, 0.2) is 0 Å². The maximum absolute atomic E-state index is 14.0. The van der Waals surface area contributed by atoms with E-state index in [-0.39, 0.29) is 5.91 Å². The molecule has 1 unspecified atom stereocenters. The highest BCUT2D eigenvalue weighted by atomic mass is 79.9. The third-order valence-electron chi connectivity index (χ3n) is 5.97. The first-order chi connectivity index (χ1) is 18.5. The fourth-order valence-corrected chi connectivity index (χ4v) is 5.26. The van der Waals surface area contributed by atoms with Crippen LogP contribution in [0.3, 0.4) is 0 Å². The van der Waals surface area contributed by atoms with E-state index in [1.54, 1.807) is 16.4 Å². The van der Waals surface area contributed by atoms with Crippen LogP contribution in [0.15, 0.2) is 63.4 Å². The van der Waals surface area contributed by atoms with Crippen LogP contribution in [-0.4, -0.2) is 39.6 Å². The molecule has 0 fully saturated rings. The van der Waals surface area contributed by atoms with E-state index in [1.165, 1.54) is 0 Å². The Kier molecular flexibility index (Phi) is 9.74. The average molecular weight is 601 g/mol. The lowest BCUT2D eigenvalue weighted by Crippen LogP contribution is -2.32. The third-order valence-corrected chi connectivity index (χ3v) is 7.51. The predicted octanol–water partition coefficient (Wildman–Crippen LogP) is 7.05. The van der Waals surface area contributed by atoms with Crippen molar-refractivity contribution in [3.05, 3.63) is 63.8 Å². The number of aromatic nitrogens is 3. The largest absolute Gasteiger partial charge is 0.493 e. The molecule has 1 aliphatic rings. The Labute approximate surface area is 236 Å². The molecule has 0 bridgehead atoms. The van der Waals surface area contributed by atoms with Crippen LogP contribution in [0.2, 0.25) is 0 Å². The van der Waals surface area contributed by atoms with E-state index in [2.05, 4.69) is 40.4 Å². The molecule has 1 amide bonds. The second-order valence-corrected chi connectivity index (χ2v) is 10.8. The van der Waals surface area contributed by atoms with Gasteiger partial charge in [-0.1, -0.05) is 60.1 Å². The molecule has 1 aliphatic heterocycles. The quantitative estimate of drug-likeness (QED) is 0.170. The SMILES string of the molecule is CCCCOc1ccc(Br)cc1C1C(C(=O)Nc2ccccc2OCC)=C(C)Nc2nc(SCCC)nn21. The van der Waals surface area contributed by atoms with Gasteiger partial charge in [-0.25, -0.2) is 4.68 Å². The number of hydrogen-bond donors (Lipinski definition) is 2. The number of ether oxygens (including phenoxy) is 2. The summed E-state index contributed by atoms with van der Waals surface area (Å²) in [5, 5.41) is 11.9. The molecule has 8 nitrogen and oxygen atoms in total. The van der Waals surface area contributed by atoms with Crippen LogP contribution in [0.5, 0.6) is 11.5 Å². The maximum Gasteiger partial charge on any atom is 0.255 e. The molecule has 38 heavy (non-hydrogen) atoms. The molecule has 0 spiro atoms. The van der Waals surface area contributed by atoms with Gasteiger partial charge >= 0.3 is 0 Å². The lowest BCUT2D eigenvalue weighted by Gasteiger charge is -2.30. The van der Waals surface area contributed by atoms with E-state index in [9.17, 15) is 4.79 Å². The van der Waals surface area contributed by atoms with Crippen LogP contribution in [0.4, 0.5) is 11.6 Å². The van der Waals surface area contributed by atoms with Crippen LogP contribution >= 0.6 is 27.7 Å². The van der Waals surface area contributed by atoms with Gasteiger partial charge in [0, 0.05) is 21.5 Å². The lowest BCUT2D eigenvalue weighted by molar-refractivity contribution is -0.113. The molecule has 202 valence electrons. The molecule has 2 aromatic carbocycles. The number of carbonyl (C=O) groups is 1. The Morgan fingerprint density at radius 2 is 1.95 bits per heavy atom. The predicted molar refractivity (Wildman–Crippen MR) is 156 cm³/mol. The number of carbonyl (C=O) groups excluding carboxylic acids is 1. The van der Waals surface area contributed by atoms with E-state index in [1.807, 2.05) is 56.3 Å². The zero-order chi connectivity index (χ0) is 27.1. The van der Waals surface area contributed by atoms with E-state index < -0.39 is 6.04 Å². The zero-order valence-corrected chi connectivity index (χ0v) is 24.6. The van der Waals surface area contributed by atoms with Crippen molar-refractivity contribution in [2.75, 3.05) is 29.6 Å². The summed E-state index contributed by atoms with van der Waals surface area (Å²) in [5.74, 6) is 2.58. The van der Waals surface area contributed by atoms with Gasteiger partial charge in [0.25, 0.3) is 5.91 Å². The summed E-state index contributed by atoms with van der Waals surface area (Å²) in [4.78, 5) is 18.7. The van der Waals surface area contributed by atoms with Crippen molar-refractivity contribution in [2.24, 2.45) is 0 Å². The minimum Gasteiger partial charge on any atom is -0.493 e. The number of fused-ring (bicyclic) bond motifs is 1. The molecule has 0 saturated heterocycles. The van der Waals surface area contributed by atoms with Crippen molar-refractivity contribution in [3.63, 3.8) is 0 Å². The van der Waals surface area contributed by atoms with Crippen LogP contribution in [0, 0.1) is 0 Å². The van der Waals surface area contributed by atoms with E-state index in [0.717, 1.165) is 35.1 Å². The molecule has 3 aromatic rings. The molecule has 0 aliphatic carbocycles. The lowest BCUT2D eigenvalue weighted by atomic mass is 9.94. The Balaban J connectivity index is 1.80. The van der Waals surface area contributed by atoms with Gasteiger partial charge in [-0.15, -0.1) is 5.10 Å². The summed E-state index contributed by atoms with van der Waals surface area (Å²) in [7, 11) is 0. The molecular weight excluding hydrogens is 566 g/mol. The minimum atomic E-state index is -0.553. The fraction of sp³-hybridized carbons (Fsp3) is 0.393. The summed E-state index contributed by atoms with van der Waals surface area (Å²) in [6.07, 6.45) is 2.97. The van der Waals surface area contributed by atoms with Gasteiger partial charge in [0.2, 0.25) is 11.1 Å². The molecule has 2 N–H and O–H groups in total. The Hall–Kier alpha value is -2.98. The molecule has 1 aromatic heterocycles. The fourth-order valence-electron chi connectivity index (χ4n) is 4.20. The van der Waals surface area contributed by atoms with Gasteiger partial charge in [0.05, 0.1) is 24.5 Å². The van der Waals surface area contributed by atoms with Gasteiger partial charge < -0.3 is 20.1 Å². The van der Waals surface area contributed by atoms with Gasteiger partial charge in [-0.2, -0.15) is 4.98 Å². The summed E-state index contributed by atoms with van der Waals surface area (Å²) in [6.45, 7) is 9.15. The van der Waals surface area contributed by atoms with E-state index >= 15 is 0 Å². The third kappa shape index (κ3) is 6.35. The summed E-state index contributed by atoms with van der Waals surface area (Å²) in [6, 6.07) is 12.8. The molecule has 1 atom stereocenters. The molecule has 4 rings (SSSR count). The topological polar surface area (TPSA) is 90.3 Å². The van der Waals surface area contributed by atoms with Gasteiger partial charge in [-0.05, 0) is 57.0 Å². The van der Waals surface area contributed by atoms with Gasteiger partial charge in [-0.3, -0.25) is 4.79 Å². The van der Waals surface area contributed by atoms with Crippen LogP contribution in [0.1, 0.15) is 58.6 Å². The Bertz CT molecular complexity index is 1310. The number of amides is 1. The number of unbranched alkanes of at least 4 members (excludes halogenated alkanes) is 1. The van der Waals surface area contributed by atoms with Crippen molar-refractivity contribution in [2.45, 2.75) is 58.2 Å². The summed E-state index contributed by atoms with van der Waals surface area (Å²) in [5.41, 5.74) is 2.67. The van der Waals surface area contributed by atoms with Crippen LogP contribution < -0.4 is 20.1 Å². The second kappa shape index (κ2) is 13.2. The standard InChI is InChI=1S/C28H34BrN5O3S/c1-5-8-15-37-22-14-13-19(29)17-20(22)25-24(26(35)31-21-11-9-10-12-23(21)36-7-3)18(4)30-27-32-28(33-34(25)27)38-16-6-2/h9-14,17,25H,5-8,15-16H2,1-4H3,(H,31,35)(H,30,32,33). The number of thioether (sulfide) groups is 1. The molecule has 2 heterocycles. The first-order valence-corrected chi connectivity index (χ1v) is 14.8. The number of allylic oxidation sites excluding steroid dienone is 1. The maximum atomic E-state index is 14.0. The highest BCUT2D eigenvalue weighted by Crippen LogP contribution is 2.41. The minimum absolute atomic E-state index is 0.254. The number of nitrogens with one attached hydrogen (secondary N) is 2. The molecule has 0 radical (unpaired) electrons. The van der Waals surface area contributed by atoms with E-state index in [4.69, 9.17) is 19.6 Å². The number of anilines is 2. The molecule has 0 saturated carbocycles. The monoisotopic (exact) mass is 599 g/mol. The first-order valence-electron chi connectivity index (χ1n) is 13.0. The number of nitrogens with zero attached hydrogens (tertiary/aromatic N) is 3. The van der Waals surface area contributed by atoms with Crippen molar-refractivity contribution >= 4 is 45.2 Å². The molecular formula is C28H34BrN5O3S. The highest BCUT2D eigenvalue weighted by Gasteiger charge is 2.36. The smallest absolute Gasteiger partial charge is 0.255 e. The van der Waals surface area contributed by atoms with Crippen molar-refractivity contribution in [1.29, 1.82) is 0 Å². The number of para-hydroxylation sites is 2. The van der Waals surface area contributed by atoms with Crippen LogP contribution in [0.25, 0.3) is 0 Å². The number of rotatable bonds is 12. The Morgan fingerprint density at radius 3 is 2.71 bits per heavy atom. The number of benzene rings is 2. The number of halogens is 1. The summed E-state index contributed by atoms with van der Waals surface area (Å²) < 4.78 is 14.6. The Morgan fingerprint density at radius 1 is 1.13 bits per heavy atom. The second-order valence-electron chi connectivity index (χ2n) is 8.84. The van der Waals surface area contributed by atoms with Gasteiger partial charge in [0.1, 0.15) is 17.5 Å². The normalized spacial score (nSPS) is 14.6. The van der Waals surface area contributed by atoms with Crippen molar-refractivity contribution in [1.82, 2.24) is 14.8 Å². The molecule has 10 heteroatoms. The summed E-state index contributed by atoms with van der Waals surface area (Å²) >= 11 is 5.22. The zero-order valence-electron chi connectivity index (χ0n) is 22.2. The van der Waals surface area contributed by atoms with E-state index in [0.29, 0.717) is 52.8 Å². The van der Waals surface area contributed by atoms with Crippen molar-refractivity contribution < 1.29 is 14.3 Å². The first kappa shape index (κ1) is 28.0. The van der Waals surface area contributed by atoms with Crippen molar-refractivity contribution in [3.8, 4) is 11.5 Å².